The van der Waals surface area contributed by atoms with Crippen molar-refractivity contribution in [2.75, 3.05) is 5.32 Å². The number of hydrogen-bond donors (Lipinski definition) is 3. The number of halogens is 2. The van der Waals surface area contributed by atoms with Crippen LogP contribution in [0.3, 0.4) is 0 Å². The van der Waals surface area contributed by atoms with E-state index in [1.807, 2.05) is 6.92 Å². The van der Waals surface area contributed by atoms with Crippen molar-refractivity contribution in [3.63, 3.8) is 0 Å². The van der Waals surface area contributed by atoms with Gasteiger partial charge in [-0.05, 0) is 49.4 Å². The highest BCUT2D eigenvalue weighted by atomic mass is 19.3. The molecule has 0 spiro atoms. The Hall–Kier alpha value is -3.42. The van der Waals surface area contributed by atoms with Gasteiger partial charge >= 0.3 is 6.61 Å². The Morgan fingerprint density at radius 1 is 1.19 bits per heavy atom. The summed E-state index contributed by atoms with van der Waals surface area (Å²) in [6, 6.07) is 12.1. The molecule has 0 fully saturated rings. The molecule has 0 aliphatic rings. The van der Waals surface area contributed by atoms with Gasteiger partial charge in [0.2, 0.25) is 0 Å². The molecule has 1 heterocycles. The van der Waals surface area contributed by atoms with Crippen molar-refractivity contribution in [2.45, 2.75) is 13.5 Å². The molecule has 0 saturated heterocycles. The number of aromatic nitrogens is 2. The molecule has 0 aliphatic carbocycles. The number of nitrogens with one attached hydrogen (secondary N) is 2. The van der Waals surface area contributed by atoms with Crippen molar-refractivity contribution in [1.29, 1.82) is 0 Å². The number of benzene rings is 2. The Kier molecular flexibility index (Phi) is 4.83. The summed E-state index contributed by atoms with van der Waals surface area (Å²) >= 11 is 0. The van der Waals surface area contributed by atoms with Gasteiger partial charge in [-0.3, -0.25) is 9.89 Å². The first-order valence-corrected chi connectivity index (χ1v) is 7.64. The van der Waals surface area contributed by atoms with Gasteiger partial charge in [-0.2, -0.15) is 13.9 Å². The minimum Gasteiger partial charge on any atom is -0.507 e. The molecule has 134 valence electrons. The predicted molar refractivity (Wildman–Crippen MR) is 91.5 cm³/mol. The lowest BCUT2D eigenvalue weighted by molar-refractivity contribution is -0.0498. The summed E-state index contributed by atoms with van der Waals surface area (Å²) in [5.74, 6) is -0.404. The second-order valence-electron chi connectivity index (χ2n) is 5.54. The molecule has 0 atom stereocenters. The first kappa shape index (κ1) is 17.4. The number of H-pyrrole nitrogens is 1. The van der Waals surface area contributed by atoms with Crippen LogP contribution in [0.25, 0.3) is 11.3 Å². The number of carbonyl (C=O) groups is 1. The number of rotatable bonds is 5. The lowest BCUT2D eigenvalue weighted by Crippen LogP contribution is -2.12. The zero-order chi connectivity index (χ0) is 18.7. The van der Waals surface area contributed by atoms with Crippen LogP contribution in [0.4, 0.5) is 14.5 Å². The quantitative estimate of drug-likeness (QED) is 0.644. The van der Waals surface area contributed by atoms with Crippen molar-refractivity contribution in [2.24, 2.45) is 0 Å². The van der Waals surface area contributed by atoms with Gasteiger partial charge in [0.15, 0.2) is 0 Å². The van der Waals surface area contributed by atoms with Gasteiger partial charge in [-0.15, -0.1) is 0 Å². The van der Waals surface area contributed by atoms with Crippen LogP contribution in [0.15, 0.2) is 48.5 Å². The maximum Gasteiger partial charge on any atom is 0.387 e. The number of carbonyl (C=O) groups excluding carboxylic acids is 1. The molecule has 0 saturated carbocycles. The van der Waals surface area contributed by atoms with Crippen LogP contribution >= 0.6 is 0 Å². The highest BCUT2D eigenvalue weighted by molar-refractivity contribution is 6.03. The third-order valence-electron chi connectivity index (χ3n) is 3.59. The molecule has 1 aromatic heterocycles. The first-order chi connectivity index (χ1) is 12.4. The van der Waals surface area contributed by atoms with E-state index in [0.29, 0.717) is 16.9 Å². The standard InChI is InChI=1S/C18H15F2N3O3/c1-10-2-7-16(24)13(8-10)14-9-15(23-22-14)17(25)21-11-3-5-12(6-4-11)26-18(19)20/h2-9,18,24H,1H3,(H,21,25)(H,22,23). The van der Waals surface area contributed by atoms with E-state index < -0.39 is 12.5 Å². The van der Waals surface area contributed by atoms with Crippen molar-refractivity contribution in [1.82, 2.24) is 10.2 Å². The molecule has 3 N–H and O–H groups in total. The lowest BCUT2D eigenvalue weighted by atomic mass is 10.1. The number of alkyl halides is 2. The fraction of sp³-hybridized carbons (Fsp3) is 0.111. The molecule has 0 unspecified atom stereocenters. The highest BCUT2D eigenvalue weighted by Gasteiger charge is 2.14. The Morgan fingerprint density at radius 3 is 2.62 bits per heavy atom. The Labute approximate surface area is 147 Å². The van der Waals surface area contributed by atoms with Gasteiger partial charge in [0.1, 0.15) is 17.2 Å². The predicted octanol–water partition coefficient (Wildman–Crippen LogP) is 3.94. The van der Waals surface area contributed by atoms with E-state index in [9.17, 15) is 18.7 Å². The molecule has 0 radical (unpaired) electrons. The second kappa shape index (κ2) is 7.22. The molecule has 3 rings (SSSR count). The third-order valence-corrected chi connectivity index (χ3v) is 3.59. The number of hydrogen-bond acceptors (Lipinski definition) is 4. The zero-order valence-electron chi connectivity index (χ0n) is 13.7. The summed E-state index contributed by atoms with van der Waals surface area (Å²) in [6.45, 7) is -1.03. The Morgan fingerprint density at radius 2 is 1.92 bits per heavy atom. The molecule has 3 aromatic rings. The molecular formula is C18H15F2N3O3. The van der Waals surface area contributed by atoms with Gasteiger partial charge < -0.3 is 15.2 Å². The van der Waals surface area contributed by atoms with Crippen molar-refractivity contribution in [3.05, 3.63) is 59.8 Å². The van der Waals surface area contributed by atoms with E-state index in [1.54, 1.807) is 18.2 Å². The average Bonchev–Trinajstić information content (AvgIpc) is 3.08. The van der Waals surface area contributed by atoms with Crippen molar-refractivity contribution >= 4 is 11.6 Å². The molecule has 2 aromatic carbocycles. The van der Waals surface area contributed by atoms with Crippen LogP contribution in [0, 0.1) is 6.92 Å². The minimum atomic E-state index is -2.91. The monoisotopic (exact) mass is 359 g/mol. The normalized spacial score (nSPS) is 10.8. The van der Waals surface area contributed by atoms with Gasteiger partial charge in [-0.25, -0.2) is 0 Å². The van der Waals surface area contributed by atoms with Crippen molar-refractivity contribution in [3.8, 4) is 22.8 Å². The summed E-state index contributed by atoms with van der Waals surface area (Å²) < 4.78 is 28.5. The van der Waals surface area contributed by atoms with Crippen LogP contribution in [0.2, 0.25) is 0 Å². The highest BCUT2D eigenvalue weighted by Crippen LogP contribution is 2.29. The minimum absolute atomic E-state index is 0.00301. The molecular weight excluding hydrogens is 344 g/mol. The fourth-order valence-electron chi connectivity index (χ4n) is 2.35. The Balaban J connectivity index is 1.73. The van der Waals surface area contributed by atoms with Gasteiger partial charge in [0.05, 0.1) is 5.69 Å². The van der Waals surface area contributed by atoms with Crippen LogP contribution in [0.1, 0.15) is 16.1 Å². The van der Waals surface area contributed by atoms with Crippen LogP contribution in [0.5, 0.6) is 11.5 Å². The average molecular weight is 359 g/mol. The number of nitrogens with zero attached hydrogens (tertiary/aromatic N) is 1. The number of phenolic OH excluding ortho intramolecular Hbond substituents is 1. The summed E-state index contributed by atoms with van der Waals surface area (Å²) in [6.07, 6.45) is 0. The maximum absolute atomic E-state index is 12.3. The molecule has 0 bridgehead atoms. The van der Waals surface area contributed by atoms with Crippen LogP contribution in [-0.4, -0.2) is 27.8 Å². The molecule has 1 amide bonds. The number of aryl methyl sites for hydroxylation is 1. The number of amides is 1. The fourth-order valence-corrected chi connectivity index (χ4v) is 2.35. The van der Waals surface area contributed by atoms with Crippen molar-refractivity contribution < 1.29 is 23.4 Å². The Bertz CT molecular complexity index is 924. The number of phenols is 1. The molecule has 6 nitrogen and oxygen atoms in total. The zero-order valence-corrected chi connectivity index (χ0v) is 13.7. The third kappa shape index (κ3) is 3.97. The van der Waals surface area contributed by atoms with E-state index >= 15 is 0 Å². The first-order valence-electron chi connectivity index (χ1n) is 7.64. The van der Waals surface area contributed by atoms with E-state index in [0.717, 1.165) is 5.56 Å². The van der Waals surface area contributed by atoms with Gasteiger partial charge in [0.25, 0.3) is 5.91 Å². The number of aromatic amines is 1. The largest absolute Gasteiger partial charge is 0.507 e. The molecule has 0 aliphatic heterocycles. The van der Waals surface area contributed by atoms with E-state index in [4.69, 9.17) is 0 Å². The summed E-state index contributed by atoms with van der Waals surface area (Å²) in [4.78, 5) is 12.3. The van der Waals surface area contributed by atoms with Crippen LogP contribution < -0.4 is 10.1 Å². The van der Waals surface area contributed by atoms with E-state index in [2.05, 4.69) is 20.3 Å². The molecule has 26 heavy (non-hydrogen) atoms. The number of anilines is 1. The SMILES string of the molecule is Cc1ccc(O)c(-c2cc(C(=O)Nc3ccc(OC(F)F)cc3)[nH]n2)c1. The number of aromatic hydroxyl groups is 1. The van der Waals surface area contributed by atoms with Crippen LogP contribution in [-0.2, 0) is 0 Å². The van der Waals surface area contributed by atoms with Gasteiger partial charge in [-0.1, -0.05) is 11.6 Å². The molecule has 8 heteroatoms. The smallest absolute Gasteiger partial charge is 0.387 e. The summed E-state index contributed by atoms with van der Waals surface area (Å²) in [5, 5.41) is 19.2. The number of ether oxygens (including phenoxy) is 1. The van der Waals surface area contributed by atoms with E-state index in [1.165, 1.54) is 30.3 Å². The lowest BCUT2D eigenvalue weighted by Gasteiger charge is -2.06. The maximum atomic E-state index is 12.3. The topological polar surface area (TPSA) is 87.2 Å². The second-order valence-corrected chi connectivity index (χ2v) is 5.54. The van der Waals surface area contributed by atoms with Gasteiger partial charge in [0, 0.05) is 11.3 Å². The summed E-state index contributed by atoms with van der Waals surface area (Å²) in [7, 11) is 0. The summed E-state index contributed by atoms with van der Waals surface area (Å²) in [5.41, 5.74) is 2.48. The van der Waals surface area contributed by atoms with E-state index in [-0.39, 0.29) is 17.2 Å².